The van der Waals surface area contributed by atoms with Gasteiger partial charge in [0.2, 0.25) is 5.91 Å². The van der Waals surface area contributed by atoms with Crippen molar-refractivity contribution in [2.75, 3.05) is 17.7 Å². The lowest BCUT2D eigenvalue weighted by molar-refractivity contribution is -0.116. The van der Waals surface area contributed by atoms with E-state index >= 15 is 0 Å². The topological polar surface area (TPSA) is 102 Å². The molecule has 4 aromatic rings. The van der Waals surface area contributed by atoms with Crippen LogP contribution in [0.25, 0.3) is 10.2 Å². The van der Waals surface area contributed by atoms with Crippen molar-refractivity contribution in [3.8, 4) is 5.75 Å². The van der Waals surface area contributed by atoms with Crippen LogP contribution in [0.15, 0.2) is 59.7 Å². The molecular weight excluding hydrogens is 464 g/mol. The van der Waals surface area contributed by atoms with Gasteiger partial charge in [0.15, 0.2) is 0 Å². The van der Waals surface area contributed by atoms with E-state index in [0.29, 0.717) is 42.8 Å². The predicted molar refractivity (Wildman–Crippen MR) is 130 cm³/mol. The summed E-state index contributed by atoms with van der Waals surface area (Å²) in [5.41, 5.74) is 1.26. The first kappa shape index (κ1) is 22.5. The number of nitrogens with zero attached hydrogens (tertiary/aromatic N) is 2. The van der Waals surface area contributed by atoms with E-state index in [1.165, 1.54) is 18.0 Å². The molecule has 2 aromatic heterocycles. The molecule has 2 heterocycles. The minimum atomic E-state index is -0.422. The van der Waals surface area contributed by atoms with Gasteiger partial charge in [-0.25, -0.2) is 4.98 Å². The lowest BCUT2D eigenvalue weighted by Gasteiger charge is -2.09. The SMILES string of the molecule is COc1ccc(NC(=O)Cn2cnc3sc(C(=O)Nc4ccccc4)c(C)c3c2=O)cc1Cl. The molecule has 2 aromatic carbocycles. The molecule has 0 bridgehead atoms. The van der Waals surface area contributed by atoms with Crippen LogP contribution in [-0.4, -0.2) is 28.5 Å². The number of methoxy groups -OCH3 is 1. The average Bonchev–Trinajstić information content (AvgIpc) is 3.14. The van der Waals surface area contributed by atoms with Gasteiger partial charge in [-0.3, -0.25) is 19.0 Å². The van der Waals surface area contributed by atoms with E-state index in [-0.39, 0.29) is 12.5 Å². The van der Waals surface area contributed by atoms with Gasteiger partial charge in [0.05, 0.1) is 28.7 Å². The van der Waals surface area contributed by atoms with E-state index in [9.17, 15) is 14.4 Å². The van der Waals surface area contributed by atoms with Crippen molar-refractivity contribution in [2.45, 2.75) is 13.5 Å². The summed E-state index contributed by atoms with van der Waals surface area (Å²) in [6, 6.07) is 13.9. The zero-order valence-electron chi connectivity index (χ0n) is 17.7. The number of anilines is 2. The molecule has 2 amide bonds. The van der Waals surface area contributed by atoms with Crippen molar-refractivity contribution in [2.24, 2.45) is 0 Å². The number of aromatic nitrogens is 2. The molecule has 0 atom stereocenters. The number of amides is 2. The lowest BCUT2D eigenvalue weighted by atomic mass is 10.2. The second kappa shape index (κ2) is 9.43. The van der Waals surface area contributed by atoms with Crippen LogP contribution in [0.1, 0.15) is 15.2 Å². The number of ether oxygens (including phenoxy) is 1. The Morgan fingerprint density at radius 1 is 1.12 bits per heavy atom. The molecule has 0 saturated carbocycles. The molecule has 0 aliphatic heterocycles. The Morgan fingerprint density at radius 3 is 2.58 bits per heavy atom. The standard InChI is InChI=1S/C23H19ClN4O4S/c1-13-19-22(33-20(13)21(30)27-14-6-4-3-5-7-14)25-12-28(23(19)31)11-18(29)26-15-8-9-17(32-2)16(24)10-15/h3-10,12H,11H2,1-2H3,(H,26,29)(H,27,30). The Morgan fingerprint density at radius 2 is 1.88 bits per heavy atom. The first-order chi connectivity index (χ1) is 15.9. The van der Waals surface area contributed by atoms with E-state index in [2.05, 4.69) is 15.6 Å². The molecule has 8 nitrogen and oxygen atoms in total. The predicted octanol–water partition coefficient (Wildman–Crippen LogP) is 4.32. The number of rotatable bonds is 6. The maximum Gasteiger partial charge on any atom is 0.266 e. The summed E-state index contributed by atoms with van der Waals surface area (Å²) in [5.74, 6) is -0.253. The third kappa shape index (κ3) is 4.74. The quantitative estimate of drug-likeness (QED) is 0.426. The molecule has 0 radical (unpaired) electrons. The Balaban J connectivity index is 1.56. The number of benzene rings is 2. The summed E-state index contributed by atoms with van der Waals surface area (Å²) in [5, 5.41) is 6.19. The number of carbonyl (C=O) groups is 2. The smallest absolute Gasteiger partial charge is 0.266 e. The molecule has 0 aliphatic rings. The van der Waals surface area contributed by atoms with Gasteiger partial charge in [-0.15, -0.1) is 11.3 Å². The minimum absolute atomic E-state index is 0.244. The fourth-order valence-electron chi connectivity index (χ4n) is 3.30. The highest BCUT2D eigenvalue weighted by Gasteiger charge is 2.20. The van der Waals surface area contributed by atoms with Crippen molar-refractivity contribution in [3.63, 3.8) is 0 Å². The highest BCUT2D eigenvalue weighted by Crippen LogP contribution is 2.28. The van der Waals surface area contributed by atoms with Crippen molar-refractivity contribution in [1.29, 1.82) is 0 Å². The second-order valence-electron chi connectivity index (χ2n) is 7.13. The van der Waals surface area contributed by atoms with Crippen molar-refractivity contribution in [3.05, 3.63) is 80.7 Å². The van der Waals surface area contributed by atoms with Crippen LogP contribution < -0.4 is 20.9 Å². The monoisotopic (exact) mass is 482 g/mol. The van der Waals surface area contributed by atoms with Crippen LogP contribution in [0.3, 0.4) is 0 Å². The average molecular weight is 483 g/mol. The molecule has 0 unspecified atom stereocenters. The molecule has 0 aliphatic carbocycles. The first-order valence-electron chi connectivity index (χ1n) is 9.85. The Bertz CT molecular complexity index is 1420. The van der Waals surface area contributed by atoms with Gasteiger partial charge in [0.1, 0.15) is 17.1 Å². The minimum Gasteiger partial charge on any atom is -0.495 e. The molecule has 168 valence electrons. The van der Waals surface area contributed by atoms with Gasteiger partial charge >= 0.3 is 0 Å². The summed E-state index contributed by atoms with van der Waals surface area (Å²) >= 11 is 7.22. The maximum atomic E-state index is 13.0. The van der Waals surface area contributed by atoms with E-state index in [4.69, 9.17) is 16.3 Å². The fourth-order valence-corrected chi connectivity index (χ4v) is 4.59. The number of para-hydroxylation sites is 1. The zero-order valence-corrected chi connectivity index (χ0v) is 19.3. The molecule has 0 spiro atoms. The number of aryl methyl sites for hydroxylation is 1. The molecule has 0 saturated heterocycles. The van der Waals surface area contributed by atoms with Crippen LogP contribution in [0.4, 0.5) is 11.4 Å². The number of nitrogens with one attached hydrogen (secondary N) is 2. The van der Waals surface area contributed by atoms with Crippen LogP contribution >= 0.6 is 22.9 Å². The van der Waals surface area contributed by atoms with E-state index in [1.54, 1.807) is 37.3 Å². The molecule has 4 rings (SSSR count). The van der Waals surface area contributed by atoms with Crippen molar-refractivity contribution < 1.29 is 14.3 Å². The fraction of sp³-hybridized carbons (Fsp3) is 0.130. The highest BCUT2D eigenvalue weighted by atomic mass is 35.5. The maximum absolute atomic E-state index is 13.0. The summed E-state index contributed by atoms with van der Waals surface area (Å²) in [6.07, 6.45) is 1.31. The number of fused-ring (bicyclic) bond motifs is 1. The van der Waals surface area contributed by atoms with Crippen LogP contribution in [0, 0.1) is 6.92 Å². The van der Waals surface area contributed by atoms with Gasteiger partial charge in [0, 0.05) is 11.4 Å². The molecule has 2 N–H and O–H groups in total. The van der Waals surface area contributed by atoms with Crippen LogP contribution in [-0.2, 0) is 11.3 Å². The van der Waals surface area contributed by atoms with E-state index < -0.39 is 11.5 Å². The summed E-state index contributed by atoms with van der Waals surface area (Å²) in [6.45, 7) is 1.46. The van der Waals surface area contributed by atoms with Gasteiger partial charge in [-0.1, -0.05) is 29.8 Å². The molecule has 0 fully saturated rings. The zero-order chi connectivity index (χ0) is 23.5. The van der Waals surface area contributed by atoms with Gasteiger partial charge in [-0.2, -0.15) is 0 Å². The summed E-state index contributed by atoms with van der Waals surface area (Å²) in [7, 11) is 1.50. The van der Waals surface area contributed by atoms with Crippen molar-refractivity contribution >= 4 is 56.3 Å². The largest absolute Gasteiger partial charge is 0.495 e. The molecule has 33 heavy (non-hydrogen) atoms. The highest BCUT2D eigenvalue weighted by molar-refractivity contribution is 7.20. The van der Waals surface area contributed by atoms with E-state index in [0.717, 1.165) is 11.3 Å². The third-order valence-corrected chi connectivity index (χ3v) is 6.40. The van der Waals surface area contributed by atoms with Gasteiger partial charge < -0.3 is 15.4 Å². The molecule has 10 heteroatoms. The van der Waals surface area contributed by atoms with E-state index in [1.807, 2.05) is 18.2 Å². The number of hydrogen-bond donors (Lipinski definition) is 2. The summed E-state index contributed by atoms with van der Waals surface area (Å²) < 4.78 is 6.30. The Kier molecular flexibility index (Phi) is 6.43. The van der Waals surface area contributed by atoms with Gasteiger partial charge in [0.25, 0.3) is 11.5 Å². The van der Waals surface area contributed by atoms with Crippen LogP contribution in [0.5, 0.6) is 5.75 Å². The molecular formula is C23H19ClN4O4S. The number of thiophene rings is 1. The lowest BCUT2D eigenvalue weighted by Crippen LogP contribution is -2.28. The summed E-state index contributed by atoms with van der Waals surface area (Å²) in [4.78, 5) is 43.4. The van der Waals surface area contributed by atoms with Crippen LogP contribution in [0.2, 0.25) is 5.02 Å². The Labute approximate surface area is 197 Å². The number of halogens is 1. The normalized spacial score (nSPS) is 10.8. The number of hydrogen-bond acceptors (Lipinski definition) is 6. The first-order valence-corrected chi connectivity index (χ1v) is 11.0. The second-order valence-corrected chi connectivity index (χ2v) is 8.54. The van der Waals surface area contributed by atoms with Gasteiger partial charge in [-0.05, 0) is 42.8 Å². The van der Waals surface area contributed by atoms with Crippen molar-refractivity contribution in [1.82, 2.24) is 9.55 Å². The number of carbonyl (C=O) groups excluding carboxylic acids is 2. The third-order valence-electron chi connectivity index (χ3n) is 4.90. The Hall–Kier alpha value is -3.69.